The number of halogens is 2. The van der Waals surface area contributed by atoms with E-state index in [1.54, 1.807) is 0 Å². The predicted octanol–water partition coefficient (Wildman–Crippen LogP) is 1.90. The number of benzene rings is 1. The molecule has 0 spiro atoms. The Bertz CT molecular complexity index is 555. The minimum Gasteiger partial charge on any atom is -0.355 e. The molecule has 0 fully saturated rings. The molecule has 106 valence electrons. The molecule has 0 aliphatic carbocycles. The number of hydrogen-bond donors (Lipinski definition) is 1. The van der Waals surface area contributed by atoms with Crippen LogP contribution >= 0.6 is 23.2 Å². The van der Waals surface area contributed by atoms with Gasteiger partial charge in [-0.05, 0) is 18.2 Å². The fraction of sp³-hybridized carbons (Fsp3) is 0.364. The second-order valence-electron chi connectivity index (χ2n) is 3.95. The van der Waals surface area contributed by atoms with Crippen molar-refractivity contribution in [3.05, 3.63) is 28.2 Å². The van der Waals surface area contributed by atoms with Gasteiger partial charge in [0.1, 0.15) is 0 Å². The van der Waals surface area contributed by atoms with Crippen LogP contribution in [0.5, 0.6) is 0 Å². The zero-order chi connectivity index (χ0) is 14.6. The minimum atomic E-state index is -3.48. The summed E-state index contributed by atoms with van der Waals surface area (Å²) in [6.07, 6.45) is 1.08. The van der Waals surface area contributed by atoms with Crippen molar-refractivity contribution in [2.45, 2.75) is 6.92 Å². The van der Waals surface area contributed by atoms with Crippen molar-refractivity contribution in [1.82, 2.24) is 5.32 Å². The van der Waals surface area contributed by atoms with E-state index in [9.17, 15) is 13.2 Å². The molecule has 5 nitrogen and oxygen atoms in total. The van der Waals surface area contributed by atoms with Gasteiger partial charge in [-0.15, -0.1) is 0 Å². The van der Waals surface area contributed by atoms with E-state index in [2.05, 4.69) is 5.32 Å². The van der Waals surface area contributed by atoms with Gasteiger partial charge in [0.25, 0.3) is 0 Å². The van der Waals surface area contributed by atoms with Gasteiger partial charge in [0.15, 0.2) is 0 Å². The molecule has 0 saturated heterocycles. The monoisotopic (exact) mass is 324 g/mol. The molecular weight excluding hydrogens is 311 g/mol. The van der Waals surface area contributed by atoms with Crippen molar-refractivity contribution in [2.24, 2.45) is 0 Å². The van der Waals surface area contributed by atoms with E-state index in [0.717, 1.165) is 10.6 Å². The molecule has 19 heavy (non-hydrogen) atoms. The molecule has 0 atom stereocenters. The third kappa shape index (κ3) is 5.26. The first kappa shape index (κ1) is 16.1. The van der Waals surface area contributed by atoms with Crippen LogP contribution in [0, 0.1) is 0 Å². The molecular formula is C11H14Cl2N2O3S. The second kappa shape index (κ2) is 6.45. The Balaban J connectivity index is 3.00. The summed E-state index contributed by atoms with van der Waals surface area (Å²) in [5.74, 6) is -0.224. The summed E-state index contributed by atoms with van der Waals surface area (Å²) in [4.78, 5) is 10.8. The van der Waals surface area contributed by atoms with E-state index in [4.69, 9.17) is 23.2 Å². The Kier molecular flexibility index (Phi) is 5.46. The zero-order valence-electron chi connectivity index (χ0n) is 10.5. The van der Waals surface area contributed by atoms with Crippen molar-refractivity contribution >= 4 is 44.8 Å². The molecule has 0 unspecified atom stereocenters. The number of hydrogen-bond acceptors (Lipinski definition) is 3. The topological polar surface area (TPSA) is 66.5 Å². The van der Waals surface area contributed by atoms with Crippen molar-refractivity contribution in [3.63, 3.8) is 0 Å². The largest absolute Gasteiger partial charge is 0.355 e. The van der Waals surface area contributed by atoms with E-state index in [0.29, 0.717) is 15.7 Å². The van der Waals surface area contributed by atoms with E-state index in [-0.39, 0.29) is 19.0 Å². The fourth-order valence-electron chi connectivity index (χ4n) is 1.50. The Hall–Kier alpha value is -0.980. The molecule has 0 aliphatic heterocycles. The van der Waals surface area contributed by atoms with Crippen molar-refractivity contribution in [1.29, 1.82) is 0 Å². The van der Waals surface area contributed by atoms with Crippen molar-refractivity contribution < 1.29 is 13.2 Å². The number of sulfonamides is 1. The van der Waals surface area contributed by atoms with Crippen LogP contribution in [0.4, 0.5) is 5.69 Å². The van der Waals surface area contributed by atoms with Gasteiger partial charge in [-0.25, -0.2) is 8.42 Å². The van der Waals surface area contributed by atoms with Gasteiger partial charge >= 0.3 is 0 Å². The highest BCUT2D eigenvalue weighted by atomic mass is 35.5. The third-order valence-corrected chi connectivity index (χ3v) is 3.85. The van der Waals surface area contributed by atoms with E-state index < -0.39 is 10.0 Å². The number of nitrogens with zero attached hydrogens (tertiary/aromatic N) is 1. The summed E-state index contributed by atoms with van der Waals surface area (Å²) < 4.78 is 24.7. The summed E-state index contributed by atoms with van der Waals surface area (Å²) in [7, 11) is -3.48. The quantitative estimate of drug-likeness (QED) is 0.899. The molecule has 1 amide bonds. The average Bonchev–Trinajstić information content (AvgIpc) is 2.20. The predicted molar refractivity (Wildman–Crippen MR) is 77.3 cm³/mol. The molecule has 0 saturated carbocycles. The standard InChI is InChI=1S/C11H14Cl2N2O3S/c1-8(16)14-3-4-15(19(2,17)18)11-6-9(12)5-10(13)7-11/h5-7H,3-4H2,1-2H3,(H,14,16). The maximum atomic E-state index is 11.8. The lowest BCUT2D eigenvalue weighted by Crippen LogP contribution is -2.37. The lowest BCUT2D eigenvalue weighted by molar-refractivity contribution is -0.118. The molecule has 8 heteroatoms. The van der Waals surface area contributed by atoms with Crippen molar-refractivity contribution in [3.8, 4) is 0 Å². The number of carbonyl (C=O) groups excluding carboxylic acids is 1. The first-order chi connectivity index (χ1) is 8.70. The Labute approximate surface area is 122 Å². The van der Waals surface area contributed by atoms with Crippen LogP contribution in [-0.4, -0.2) is 33.7 Å². The number of rotatable bonds is 5. The van der Waals surface area contributed by atoms with Crippen LogP contribution in [0.1, 0.15) is 6.92 Å². The molecule has 1 rings (SSSR count). The summed E-state index contributed by atoms with van der Waals surface area (Å²) in [6, 6.07) is 4.52. The van der Waals surface area contributed by atoms with Gasteiger partial charge in [-0.2, -0.15) is 0 Å². The molecule has 0 aliphatic rings. The number of anilines is 1. The highest BCUT2D eigenvalue weighted by molar-refractivity contribution is 7.92. The van der Waals surface area contributed by atoms with Gasteiger partial charge in [0, 0.05) is 23.5 Å². The Morgan fingerprint density at radius 2 is 1.79 bits per heavy atom. The molecule has 1 aromatic rings. The molecule has 0 heterocycles. The lowest BCUT2D eigenvalue weighted by atomic mass is 10.3. The van der Waals surface area contributed by atoms with Crippen LogP contribution < -0.4 is 9.62 Å². The fourth-order valence-corrected chi connectivity index (χ4v) is 2.93. The summed E-state index contributed by atoms with van der Waals surface area (Å²) in [6.45, 7) is 1.67. The highest BCUT2D eigenvalue weighted by Gasteiger charge is 2.18. The van der Waals surface area contributed by atoms with E-state index in [1.807, 2.05) is 0 Å². The lowest BCUT2D eigenvalue weighted by Gasteiger charge is -2.22. The van der Waals surface area contributed by atoms with E-state index >= 15 is 0 Å². The van der Waals surface area contributed by atoms with Gasteiger partial charge in [-0.1, -0.05) is 23.2 Å². The van der Waals surface area contributed by atoms with Gasteiger partial charge in [0.2, 0.25) is 15.9 Å². The average molecular weight is 325 g/mol. The number of nitrogens with one attached hydrogen (secondary N) is 1. The minimum absolute atomic E-state index is 0.106. The Morgan fingerprint density at radius 3 is 2.21 bits per heavy atom. The maximum Gasteiger partial charge on any atom is 0.232 e. The van der Waals surface area contributed by atoms with Gasteiger partial charge < -0.3 is 5.32 Å². The SMILES string of the molecule is CC(=O)NCCN(c1cc(Cl)cc(Cl)c1)S(C)(=O)=O. The summed E-state index contributed by atoms with van der Waals surface area (Å²) >= 11 is 11.7. The van der Waals surface area contributed by atoms with Crippen molar-refractivity contribution in [2.75, 3.05) is 23.7 Å². The third-order valence-electron chi connectivity index (χ3n) is 2.22. The van der Waals surface area contributed by atoms with Crippen LogP contribution in [0.3, 0.4) is 0 Å². The molecule has 1 N–H and O–H groups in total. The summed E-state index contributed by atoms with van der Waals surface area (Å²) in [5, 5.41) is 3.22. The normalized spacial score (nSPS) is 11.2. The van der Waals surface area contributed by atoms with Crippen LogP contribution in [0.2, 0.25) is 10.0 Å². The van der Waals surface area contributed by atoms with Crippen LogP contribution in [0.25, 0.3) is 0 Å². The number of amides is 1. The first-order valence-electron chi connectivity index (χ1n) is 5.38. The van der Waals surface area contributed by atoms with Crippen LogP contribution in [-0.2, 0) is 14.8 Å². The smallest absolute Gasteiger partial charge is 0.232 e. The van der Waals surface area contributed by atoms with Gasteiger partial charge in [0.05, 0.1) is 18.5 Å². The molecule has 0 aromatic heterocycles. The summed E-state index contributed by atoms with van der Waals surface area (Å²) in [5.41, 5.74) is 0.366. The second-order valence-corrected chi connectivity index (χ2v) is 6.73. The van der Waals surface area contributed by atoms with E-state index in [1.165, 1.54) is 25.1 Å². The molecule has 0 bridgehead atoms. The Morgan fingerprint density at radius 1 is 1.26 bits per heavy atom. The molecule has 0 radical (unpaired) electrons. The molecule has 1 aromatic carbocycles. The first-order valence-corrected chi connectivity index (χ1v) is 7.99. The van der Waals surface area contributed by atoms with Crippen LogP contribution in [0.15, 0.2) is 18.2 Å². The zero-order valence-corrected chi connectivity index (χ0v) is 12.8. The number of carbonyl (C=O) groups is 1. The highest BCUT2D eigenvalue weighted by Crippen LogP contribution is 2.26. The van der Waals surface area contributed by atoms with Gasteiger partial charge in [-0.3, -0.25) is 9.10 Å². The maximum absolute atomic E-state index is 11.8.